The number of ether oxygens (including phenoxy) is 1. The molecule has 180 valence electrons. The van der Waals surface area contributed by atoms with Crippen LogP contribution in [0.2, 0.25) is 0 Å². The van der Waals surface area contributed by atoms with Crippen molar-refractivity contribution in [2.75, 3.05) is 13.1 Å². The highest BCUT2D eigenvalue weighted by atomic mass is 35.5. The van der Waals surface area contributed by atoms with Crippen molar-refractivity contribution in [2.24, 2.45) is 0 Å². The van der Waals surface area contributed by atoms with Crippen molar-refractivity contribution < 1.29 is 19.7 Å². The van der Waals surface area contributed by atoms with Crippen LogP contribution in [0.1, 0.15) is 27.6 Å². The Labute approximate surface area is 211 Å². The molecule has 35 heavy (non-hydrogen) atoms. The molecular weight excluding hydrogens is 462 g/mol. The van der Waals surface area contributed by atoms with E-state index in [1.165, 1.54) is 0 Å². The van der Waals surface area contributed by atoms with Crippen molar-refractivity contribution >= 4 is 18.4 Å². The molecule has 0 spiro atoms. The molecule has 4 rings (SSSR count). The average Bonchev–Trinajstić information content (AvgIpc) is 2.88. The number of halogens is 1. The maximum absolute atomic E-state index is 12.1. The number of carbonyl (C=O) groups is 1. The second kappa shape index (κ2) is 12.7. The van der Waals surface area contributed by atoms with Gasteiger partial charge in [-0.1, -0.05) is 84.9 Å². The number of hydrogen-bond donors (Lipinski definition) is 3. The average molecular weight is 490 g/mol. The molecule has 0 bridgehead atoms. The van der Waals surface area contributed by atoms with Crippen LogP contribution in [0.5, 0.6) is 11.5 Å². The van der Waals surface area contributed by atoms with Crippen LogP contribution in [0, 0.1) is 0 Å². The Hall–Kier alpha value is -3.64. The molecule has 6 heteroatoms. The normalized spacial score (nSPS) is 11.3. The van der Waals surface area contributed by atoms with E-state index in [9.17, 15) is 15.0 Å². The van der Waals surface area contributed by atoms with Crippen LogP contribution in [0.4, 0.5) is 0 Å². The van der Waals surface area contributed by atoms with Crippen molar-refractivity contribution in [1.82, 2.24) is 5.32 Å². The summed E-state index contributed by atoms with van der Waals surface area (Å²) in [6.45, 7) is 0.927. The predicted molar refractivity (Wildman–Crippen MR) is 141 cm³/mol. The maximum atomic E-state index is 12.1. The van der Waals surface area contributed by atoms with Gasteiger partial charge in [0, 0.05) is 12.1 Å². The molecule has 1 atom stereocenters. The monoisotopic (exact) mass is 489 g/mol. The second-order valence-electron chi connectivity index (χ2n) is 7.94. The first kappa shape index (κ1) is 26.0. The lowest BCUT2D eigenvalue weighted by atomic mass is 9.94. The molecule has 0 aliphatic heterocycles. The molecular formula is C29H28ClNO4. The Kier molecular flexibility index (Phi) is 9.44. The quantitative estimate of drug-likeness (QED) is 0.233. The summed E-state index contributed by atoms with van der Waals surface area (Å²) in [4.78, 5) is 12.1. The lowest BCUT2D eigenvalue weighted by Gasteiger charge is -2.19. The Bertz CT molecular complexity index is 1220. The van der Waals surface area contributed by atoms with Gasteiger partial charge in [-0.25, -0.2) is 4.79 Å². The zero-order valence-electron chi connectivity index (χ0n) is 19.1. The summed E-state index contributed by atoms with van der Waals surface area (Å²) in [6.07, 6.45) is -0.102. The fraction of sp³-hybridized carbons (Fsp3) is 0.138. The van der Waals surface area contributed by atoms with Crippen molar-refractivity contribution in [3.8, 4) is 22.6 Å². The highest BCUT2D eigenvalue weighted by molar-refractivity contribution is 5.93. The first-order valence-electron chi connectivity index (χ1n) is 11.2. The first-order valence-corrected chi connectivity index (χ1v) is 11.2. The van der Waals surface area contributed by atoms with Gasteiger partial charge in [0.2, 0.25) is 0 Å². The summed E-state index contributed by atoms with van der Waals surface area (Å²) in [6, 6.07) is 32.0. The standard InChI is InChI=1S/C29H27NO4.ClH/c31-27(22-12-6-2-7-13-22)20-30-19-18-25-24(21-10-4-1-5-11-21)16-17-26(29(32)33)28(25)34-23-14-8-3-9-15-23;/h1-17,27,30-31H,18-20H2,(H,32,33);1H/t27-;/m0./s1. The van der Waals surface area contributed by atoms with Crippen LogP contribution in [-0.2, 0) is 6.42 Å². The molecule has 0 unspecified atom stereocenters. The van der Waals surface area contributed by atoms with Gasteiger partial charge >= 0.3 is 5.97 Å². The number of benzene rings is 4. The number of hydrogen-bond acceptors (Lipinski definition) is 4. The molecule has 0 fully saturated rings. The van der Waals surface area contributed by atoms with Gasteiger partial charge in [0.1, 0.15) is 17.1 Å². The number of carboxylic acid groups (broad SMARTS) is 1. The van der Waals surface area contributed by atoms with Crippen LogP contribution in [-0.4, -0.2) is 29.3 Å². The Morgan fingerprint density at radius 1 is 0.829 bits per heavy atom. The number of rotatable bonds is 10. The molecule has 0 saturated heterocycles. The highest BCUT2D eigenvalue weighted by Crippen LogP contribution is 2.37. The molecule has 5 nitrogen and oxygen atoms in total. The van der Waals surface area contributed by atoms with E-state index in [-0.39, 0.29) is 18.0 Å². The summed E-state index contributed by atoms with van der Waals surface area (Å²) in [5.74, 6) is -0.131. The molecule has 4 aromatic carbocycles. The Balaban J connectivity index is 0.00000342. The lowest BCUT2D eigenvalue weighted by Crippen LogP contribution is -2.24. The zero-order valence-corrected chi connectivity index (χ0v) is 19.9. The molecule has 3 N–H and O–H groups in total. The molecule has 0 aromatic heterocycles. The smallest absolute Gasteiger partial charge is 0.339 e. The summed E-state index contributed by atoms with van der Waals surface area (Å²) in [5.41, 5.74) is 3.67. The van der Waals surface area contributed by atoms with E-state index in [0.29, 0.717) is 31.0 Å². The van der Waals surface area contributed by atoms with Gasteiger partial charge in [0.25, 0.3) is 0 Å². The second-order valence-corrected chi connectivity index (χ2v) is 7.94. The number of aromatic carboxylic acids is 1. The molecule has 0 aliphatic carbocycles. The Morgan fingerprint density at radius 2 is 1.43 bits per heavy atom. The highest BCUT2D eigenvalue weighted by Gasteiger charge is 2.21. The van der Waals surface area contributed by atoms with E-state index >= 15 is 0 Å². The minimum absolute atomic E-state index is 0. The number of para-hydroxylation sites is 1. The van der Waals surface area contributed by atoms with Gasteiger partial charge in [0.05, 0.1) is 6.10 Å². The molecule has 0 aliphatic rings. The van der Waals surface area contributed by atoms with Crippen molar-refractivity contribution in [2.45, 2.75) is 12.5 Å². The van der Waals surface area contributed by atoms with Gasteiger partial charge in [0.15, 0.2) is 0 Å². The third-order valence-corrected chi connectivity index (χ3v) is 5.61. The van der Waals surface area contributed by atoms with E-state index < -0.39 is 12.1 Å². The third kappa shape index (κ3) is 6.70. The molecule has 4 aromatic rings. The summed E-state index contributed by atoms with van der Waals surface area (Å²) in [7, 11) is 0. The van der Waals surface area contributed by atoms with Gasteiger partial charge < -0.3 is 20.3 Å². The van der Waals surface area contributed by atoms with E-state index in [1.54, 1.807) is 18.2 Å². The van der Waals surface area contributed by atoms with E-state index in [2.05, 4.69) is 5.32 Å². The maximum Gasteiger partial charge on any atom is 0.339 e. The fourth-order valence-electron chi connectivity index (χ4n) is 3.90. The topological polar surface area (TPSA) is 78.8 Å². The van der Waals surface area contributed by atoms with Crippen molar-refractivity contribution in [3.05, 3.63) is 120 Å². The molecule has 0 amide bonds. The zero-order chi connectivity index (χ0) is 23.8. The Morgan fingerprint density at radius 3 is 2.06 bits per heavy atom. The van der Waals surface area contributed by atoms with E-state index in [1.807, 2.05) is 84.9 Å². The van der Waals surface area contributed by atoms with Crippen LogP contribution < -0.4 is 10.1 Å². The first-order chi connectivity index (χ1) is 16.6. The summed E-state index contributed by atoms with van der Waals surface area (Å²) in [5, 5.41) is 23.6. The van der Waals surface area contributed by atoms with Gasteiger partial charge in [-0.15, -0.1) is 12.4 Å². The number of nitrogens with one attached hydrogen (secondary N) is 1. The van der Waals surface area contributed by atoms with Crippen LogP contribution in [0.3, 0.4) is 0 Å². The van der Waals surface area contributed by atoms with Crippen molar-refractivity contribution in [1.29, 1.82) is 0 Å². The van der Waals surface area contributed by atoms with Crippen molar-refractivity contribution in [3.63, 3.8) is 0 Å². The van der Waals surface area contributed by atoms with E-state index in [0.717, 1.165) is 22.3 Å². The number of aliphatic hydroxyl groups excluding tert-OH is 1. The van der Waals surface area contributed by atoms with Gasteiger partial charge in [-0.2, -0.15) is 0 Å². The fourth-order valence-corrected chi connectivity index (χ4v) is 3.90. The lowest BCUT2D eigenvalue weighted by molar-refractivity contribution is 0.0694. The number of aliphatic hydroxyl groups is 1. The minimum atomic E-state index is -1.04. The van der Waals surface area contributed by atoms with Crippen LogP contribution >= 0.6 is 12.4 Å². The van der Waals surface area contributed by atoms with Crippen LogP contribution in [0.15, 0.2) is 103 Å². The molecule has 0 heterocycles. The van der Waals surface area contributed by atoms with Gasteiger partial charge in [-0.3, -0.25) is 0 Å². The number of carboxylic acids is 1. The molecule has 0 radical (unpaired) electrons. The summed E-state index contributed by atoms with van der Waals surface area (Å²) < 4.78 is 6.15. The predicted octanol–water partition coefficient (Wildman–Crippen LogP) is 6.13. The SMILES string of the molecule is Cl.O=C(O)c1ccc(-c2ccccc2)c(CCNC[C@H](O)c2ccccc2)c1Oc1ccccc1. The third-order valence-electron chi connectivity index (χ3n) is 5.61. The van der Waals surface area contributed by atoms with Gasteiger partial charge in [-0.05, 0) is 47.9 Å². The van der Waals surface area contributed by atoms with Crippen LogP contribution in [0.25, 0.3) is 11.1 Å². The minimum Gasteiger partial charge on any atom is -0.478 e. The summed E-state index contributed by atoms with van der Waals surface area (Å²) >= 11 is 0. The largest absolute Gasteiger partial charge is 0.478 e. The van der Waals surface area contributed by atoms with E-state index in [4.69, 9.17) is 4.74 Å². The molecule has 0 saturated carbocycles.